The topological polar surface area (TPSA) is 3.24 Å². The molecule has 2 heteroatoms. The van der Waals surface area contributed by atoms with Crippen LogP contribution in [0.25, 0.3) is 0 Å². The van der Waals surface area contributed by atoms with E-state index in [9.17, 15) is 0 Å². The van der Waals surface area contributed by atoms with Gasteiger partial charge in [0.15, 0.2) is 0 Å². The van der Waals surface area contributed by atoms with Gasteiger partial charge in [-0.3, -0.25) is 0 Å². The molecule has 1 nitrogen and oxygen atoms in total. The van der Waals surface area contributed by atoms with E-state index in [1.807, 2.05) is 0 Å². The van der Waals surface area contributed by atoms with Crippen molar-refractivity contribution in [3.8, 4) is 0 Å². The van der Waals surface area contributed by atoms with Gasteiger partial charge in [-0.05, 0) is 75.0 Å². The summed E-state index contributed by atoms with van der Waals surface area (Å²) in [6.45, 7) is 16.4. The summed E-state index contributed by atoms with van der Waals surface area (Å²) < 4.78 is 0. The first-order valence-corrected chi connectivity index (χ1v) is 8.29. The highest BCUT2D eigenvalue weighted by Crippen LogP contribution is 2.31. The highest BCUT2D eigenvalue weighted by molar-refractivity contribution is 6.21. The molecule has 0 aliphatic rings. The minimum absolute atomic E-state index is 0.0883. The lowest BCUT2D eigenvalue weighted by atomic mass is 9.92. The number of unbranched alkanes of at least 4 members (excludes halogenated alkanes) is 1. The van der Waals surface area contributed by atoms with E-state index in [4.69, 9.17) is 11.6 Å². The van der Waals surface area contributed by atoms with Crippen LogP contribution in [0.15, 0.2) is 6.07 Å². The Bertz CT molecular complexity index is 413. The molecule has 0 spiro atoms. The predicted molar refractivity (Wildman–Crippen MR) is 91.0 cm³/mol. The van der Waals surface area contributed by atoms with Crippen molar-refractivity contribution in [2.75, 3.05) is 19.6 Å². The molecule has 1 unspecified atom stereocenters. The average Bonchev–Trinajstić information content (AvgIpc) is 2.41. The van der Waals surface area contributed by atoms with Gasteiger partial charge in [-0.25, -0.2) is 0 Å². The first-order valence-electron chi connectivity index (χ1n) is 7.86. The van der Waals surface area contributed by atoms with Crippen molar-refractivity contribution in [1.29, 1.82) is 0 Å². The van der Waals surface area contributed by atoms with Crippen molar-refractivity contribution >= 4 is 11.6 Å². The maximum absolute atomic E-state index is 6.77. The third-order valence-corrected chi connectivity index (χ3v) is 4.79. The van der Waals surface area contributed by atoms with E-state index in [1.165, 1.54) is 40.7 Å². The molecule has 0 aliphatic heterocycles. The summed E-state index contributed by atoms with van der Waals surface area (Å²) in [5, 5.41) is 0.0883. The molecule has 1 aromatic rings. The van der Waals surface area contributed by atoms with Crippen molar-refractivity contribution in [2.24, 2.45) is 0 Å². The molecular formula is C18H30ClN. The molecule has 1 aromatic carbocycles. The second-order valence-electron chi connectivity index (χ2n) is 5.89. The van der Waals surface area contributed by atoms with Crippen LogP contribution in [-0.2, 0) is 0 Å². The molecule has 0 aromatic heterocycles. The lowest BCUT2D eigenvalue weighted by molar-refractivity contribution is 0.283. The molecule has 0 N–H and O–H groups in total. The zero-order chi connectivity index (χ0) is 15.3. The molecule has 0 aliphatic carbocycles. The van der Waals surface area contributed by atoms with Gasteiger partial charge in [0.25, 0.3) is 0 Å². The first-order chi connectivity index (χ1) is 9.42. The Hall–Kier alpha value is -0.530. The number of hydrogen-bond acceptors (Lipinski definition) is 1. The second-order valence-corrected chi connectivity index (χ2v) is 6.42. The molecule has 0 saturated carbocycles. The van der Waals surface area contributed by atoms with Crippen LogP contribution in [0.4, 0.5) is 0 Å². The van der Waals surface area contributed by atoms with E-state index in [2.05, 4.69) is 52.5 Å². The molecule has 114 valence electrons. The number of benzene rings is 1. The van der Waals surface area contributed by atoms with Crippen molar-refractivity contribution in [3.05, 3.63) is 33.9 Å². The Morgan fingerprint density at radius 2 is 1.60 bits per heavy atom. The monoisotopic (exact) mass is 295 g/mol. The summed E-state index contributed by atoms with van der Waals surface area (Å²) in [4.78, 5) is 2.47. The quantitative estimate of drug-likeness (QED) is 0.615. The lowest BCUT2D eigenvalue weighted by Gasteiger charge is -2.26. The number of rotatable bonds is 7. The number of alkyl halides is 1. The number of nitrogens with zero attached hydrogens (tertiary/aromatic N) is 1. The fourth-order valence-corrected chi connectivity index (χ4v) is 3.32. The average molecular weight is 296 g/mol. The third kappa shape index (κ3) is 4.23. The second kappa shape index (κ2) is 8.05. The standard InChI is InChI=1S/C18H30ClN/c1-7-9-10-20(8-2)12-17(19)18-15(5)13(3)11-14(4)16(18)6/h11,17H,7-10,12H2,1-6H3. The molecule has 1 rings (SSSR count). The van der Waals surface area contributed by atoms with Gasteiger partial charge in [-0.2, -0.15) is 0 Å². The Labute approximate surface area is 130 Å². The fourth-order valence-electron chi connectivity index (χ4n) is 2.80. The van der Waals surface area contributed by atoms with E-state index in [0.29, 0.717) is 0 Å². The summed E-state index contributed by atoms with van der Waals surface area (Å²) in [5.74, 6) is 0. The maximum Gasteiger partial charge on any atom is 0.0717 e. The van der Waals surface area contributed by atoms with Gasteiger partial charge in [0.2, 0.25) is 0 Å². The molecule has 0 radical (unpaired) electrons. The van der Waals surface area contributed by atoms with Crippen LogP contribution in [0.1, 0.15) is 59.9 Å². The van der Waals surface area contributed by atoms with Crippen molar-refractivity contribution in [2.45, 2.75) is 59.8 Å². The minimum Gasteiger partial charge on any atom is -0.302 e. The van der Waals surface area contributed by atoms with Crippen LogP contribution < -0.4 is 0 Å². The summed E-state index contributed by atoms with van der Waals surface area (Å²) >= 11 is 6.77. The van der Waals surface area contributed by atoms with Crippen LogP contribution in [0, 0.1) is 27.7 Å². The van der Waals surface area contributed by atoms with E-state index in [1.54, 1.807) is 0 Å². The number of likely N-dealkylation sites (N-methyl/N-ethyl adjacent to an activating group) is 1. The largest absolute Gasteiger partial charge is 0.302 e. The predicted octanol–water partition coefficient (Wildman–Crippen LogP) is 5.32. The zero-order valence-corrected chi connectivity index (χ0v) is 14.8. The lowest BCUT2D eigenvalue weighted by Crippen LogP contribution is -2.28. The Morgan fingerprint density at radius 3 is 2.05 bits per heavy atom. The molecule has 0 heterocycles. The minimum atomic E-state index is 0.0883. The Balaban J connectivity index is 2.94. The van der Waals surface area contributed by atoms with E-state index < -0.39 is 0 Å². The Morgan fingerprint density at radius 1 is 1.05 bits per heavy atom. The highest BCUT2D eigenvalue weighted by atomic mass is 35.5. The van der Waals surface area contributed by atoms with Gasteiger partial charge in [0, 0.05) is 6.54 Å². The van der Waals surface area contributed by atoms with Crippen LogP contribution in [0.3, 0.4) is 0 Å². The molecule has 20 heavy (non-hydrogen) atoms. The maximum atomic E-state index is 6.77. The smallest absolute Gasteiger partial charge is 0.0717 e. The Kier molecular flexibility index (Phi) is 7.05. The molecule has 0 amide bonds. The van der Waals surface area contributed by atoms with Gasteiger partial charge in [0.1, 0.15) is 0 Å². The van der Waals surface area contributed by atoms with Crippen LogP contribution >= 0.6 is 11.6 Å². The van der Waals surface area contributed by atoms with Gasteiger partial charge >= 0.3 is 0 Å². The molecule has 1 atom stereocenters. The van der Waals surface area contributed by atoms with Gasteiger partial charge in [-0.1, -0.05) is 26.3 Å². The summed E-state index contributed by atoms with van der Waals surface area (Å²) in [6, 6.07) is 2.27. The van der Waals surface area contributed by atoms with E-state index in [0.717, 1.165) is 19.6 Å². The first kappa shape index (κ1) is 17.5. The van der Waals surface area contributed by atoms with Crippen molar-refractivity contribution in [1.82, 2.24) is 4.90 Å². The number of aryl methyl sites for hydroxylation is 2. The van der Waals surface area contributed by atoms with E-state index in [-0.39, 0.29) is 5.38 Å². The zero-order valence-electron chi connectivity index (χ0n) is 14.0. The van der Waals surface area contributed by atoms with Gasteiger partial charge < -0.3 is 4.90 Å². The van der Waals surface area contributed by atoms with Crippen molar-refractivity contribution in [3.63, 3.8) is 0 Å². The van der Waals surface area contributed by atoms with Crippen molar-refractivity contribution < 1.29 is 0 Å². The van der Waals surface area contributed by atoms with Crippen LogP contribution in [0.5, 0.6) is 0 Å². The molecule has 0 saturated heterocycles. The van der Waals surface area contributed by atoms with E-state index >= 15 is 0 Å². The van der Waals surface area contributed by atoms with Gasteiger partial charge in [-0.15, -0.1) is 11.6 Å². The normalized spacial score (nSPS) is 13.0. The summed E-state index contributed by atoms with van der Waals surface area (Å²) in [7, 11) is 0. The molecular weight excluding hydrogens is 266 g/mol. The fraction of sp³-hybridized carbons (Fsp3) is 0.667. The number of halogens is 1. The molecule has 0 bridgehead atoms. The van der Waals surface area contributed by atoms with Crippen LogP contribution in [-0.4, -0.2) is 24.5 Å². The SMILES string of the molecule is CCCCN(CC)CC(Cl)c1c(C)c(C)cc(C)c1C. The van der Waals surface area contributed by atoms with Gasteiger partial charge in [0.05, 0.1) is 5.38 Å². The highest BCUT2D eigenvalue weighted by Gasteiger charge is 2.18. The summed E-state index contributed by atoms with van der Waals surface area (Å²) in [6.07, 6.45) is 2.49. The number of hydrogen-bond donors (Lipinski definition) is 0. The molecule has 0 fully saturated rings. The van der Waals surface area contributed by atoms with Crippen LogP contribution in [0.2, 0.25) is 0 Å². The third-order valence-electron chi connectivity index (χ3n) is 4.43. The summed E-state index contributed by atoms with van der Waals surface area (Å²) in [5.41, 5.74) is 6.77.